The Morgan fingerprint density at radius 1 is 1.19 bits per heavy atom. The summed E-state index contributed by atoms with van der Waals surface area (Å²) in [7, 11) is 0. The SMILES string of the molecule is O=C(O)CC(C(=O)O)c1ccc(Br)c(Br)c1. The van der Waals surface area contributed by atoms with Crippen LogP contribution in [0.5, 0.6) is 0 Å². The first-order valence-corrected chi connectivity index (χ1v) is 5.90. The molecule has 1 unspecified atom stereocenters. The molecule has 1 rings (SSSR count). The van der Waals surface area contributed by atoms with Crippen LogP contribution in [0.2, 0.25) is 0 Å². The lowest BCUT2D eigenvalue weighted by Crippen LogP contribution is -2.15. The molecule has 0 spiro atoms. The number of aliphatic carboxylic acids is 2. The van der Waals surface area contributed by atoms with Crippen LogP contribution in [0.25, 0.3) is 0 Å². The standard InChI is InChI=1S/C10H8Br2O4/c11-7-2-1-5(3-8(7)12)6(10(15)16)4-9(13)14/h1-3,6H,4H2,(H,13,14)(H,15,16). The Balaban J connectivity index is 3.06. The molecule has 1 aromatic carbocycles. The molecule has 0 amide bonds. The highest BCUT2D eigenvalue weighted by Gasteiger charge is 2.23. The van der Waals surface area contributed by atoms with E-state index in [1.54, 1.807) is 18.2 Å². The topological polar surface area (TPSA) is 74.6 Å². The van der Waals surface area contributed by atoms with E-state index in [0.29, 0.717) is 10.0 Å². The maximum absolute atomic E-state index is 10.9. The van der Waals surface area contributed by atoms with Crippen LogP contribution in [0.3, 0.4) is 0 Å². The van der Waals surface area contributed by atoms with E-state index in [-0.39, 0.29) is 0 Å². The van der Waals surface area contributed by atoms with Crippen LogP contribution in [0, 0.1) is 0 Å². The van der Waals surface area contributed by atoms with E-state index in [9.17, 15) is 9.59 Å². The zero-order chi connectivity index (χ0) is 12.3. The van der Waals surface area contributed by atoms with Crippen molar-refractivity contribution < 1.29 is 19.8 Å². The van der Waals surface area contributed by atoms with Crippen LogP contribution in [0.1, 0.15) is 17.9 Å². The molecule has 2 N–H and O–H groups in total. The van der Waals surface area contributed by atoms with Crippen molar-refractivity contribution in [3.8, 4) is 0 Å². The second-order valence-electron chi connectivity index (χ2n) is 3.16. The second kappa shape index (κ2) is 5.45. The first-order valence-electron chi connectivity index (χ1n) is 4.31. The molecule has 0 fully saturated rings. The molecule has 0 radical (unpaired) electrons. The van der Waals surface area contributed by atoms with E-state index in [1.807, 2.05) is 0 Å². The molecule has 16 heavy (non-hydrogen) atoms. The Kier molecular flexibility index (Phi) is 4.49. The minimum atomic E-state index is -1.14. The molecule has 86 valence electrons. The molecular formula is C10H8Br2O4. The molecule has 6 heteroatoms. The van der Waals surface area contributed by atoms with Gasteiger partial charge in [0.25, 0.3) is 0 Å². The van der Waals surface area contributed by atoms with E-state index in [4.69, 9.17) is 10.2 Å². The fraction of sp³-hybridized carbons (Fsp3) is 0.200. The molecule has 0 saturated carbocycles. The normalized spacial score (nSPS) is 12.1. The van der Waals surface area contributed by atoms with Gasteiger partial charge in [0.15, 0.2) is 0 Å². The van der Waals surface area contributed by atoms with Gasteiger partial charge in [-0.3, -0.25) is 9.59 Å². The zero-order valence-corrected chi connectivity index (χ0v) is 11.2. The van der Waals surface area contributed by atoms with Crippen molar-refractivity contribution in [2.75, 3.05) is 0 Å². The quantitative estimate of drug-likeness (QED) is 0.874. The number of benzene rings is 1. The van der Waals surface area contributed by atoms with Crippen molar-refractivity contribution in [1.29, 1.82) is 0 Å². The molecule has 0 aromatic heterocycles. The van der Waals surface area contributed by atoms with Gasteiger partial charge >= 0.3 is 11.9 Å². The third-order valence-corrected chi connectivity index (χ3v) is 3.90. The van der Waals surface area contributed by atoms with Crippen LogP contribution >= 0.6 is 31.9 Å². The summed E-state index contributed by atoms with van der Waals surface area (Å²) in [6.07, 6.45) is -0.427. The molecule has 1 aromatic rings. The van der Waals surface area contributed by atoms with Crippen molar-refractivity contribution in [2.45, 2.75) is 12.3 Å². The number of hydrogen-bond acceptors (Lipinski definition) is 2. The van der Waals surface area contributed by atoms with E-state index in [0.717, 1.165) is 4.47 Å². The van der Waals surface area contributed by atoms with Gasteiger partial charge in [-0.2, -0.15) is 0 Å². The fourth-order valence-corrected chi connectivity index (χ4v) is 1.89. The van der Waals surface area contributed by atoms with Gasteiger partial charge in [0.2, 0.25) is 0 Å². The smallest absolute Gasteiger partial charge is 0.311 e. The van der Waals surface area contributed by atoms with Crippen LogP contribution < -0.4 is 0 Å². The third-order valence-electron chi connectivity index (χ3n) is 2.02. The lowest BCUT2D eigenvalue weighted by Gasteiger charge is -2.11. The lowest BCUT2D eigenvalue weighted by molar-refractivity contribution is -0.145. The summed E-state index contributed by atoms with van der Waals surface area (Å²) in [5.41, 5.74) is 0.463. The molecule has 0 bridgehead atoms. The van der Waals surface area contributed by atoms with E-state index < -0.39 is 24.3 Å². The largest absolute Gasteiger partial charge is 0.481 e. The Hall–Kier alpha value is -0.880. The molecule has 0 saturated heterocycles. The Labute approximate surface area is 109 Å². The summed E-state index contributed by atoms with van der Waals surface area (Å²) in [5.74, 6) is -3.30. The number of carboxylic acid groups (broad SMARTS) is 2. The predicted octanol–water partition coefficient (Wildman–Crippen LogP) is 2.85. The van der Waals surface area contributed by atoms with Crippen LogP contribution in [0.15, 0.2) is 27.1 Å². The lowest BCUT2D eigenvalue weighted by atomic mass is 9.96. The minimum absolute atomic E-state index is 0.427. The molecule has 0 heterocycles. The van der Waals surface area contributed by atoms with Crippen molar-refractivity contribution >= 4 is 43.8 Å². The van der Waals surface area contributed by atoms with Gasteiger partial charge in [-0.1, -0.05) is 6.07 Å². The molecule has 0 aliphatic rings. The maximum atomic E-state index is 10.9. The van der Waals surface area contributed by atoms with Crippen LogP contribution in [-0.4, -0.2) is 22.2 Å². The van der Waals surface area contributed by atoms with E-state index in [2.05, 4.69) is 31.9 Å². The number of hydrogen-bond donors (Lipinski definition) is 2. The van der Waals surface area contributed by atoms with Gasteiger partial charge in [-0.25, -0.2) is 0 Å². The molecule has 4 nitrogen and oxygen atoms in total. The first-order chi connectivity index (χ1) is 7.41. The first kappa shape index (κ1) is 13.2. The van der Waals surface area contributed by atoms with Gasteiger partial charge < -0.3 is 10.2 Å². The highest BCUT2D eigenvalue weighted by atomic mass is 79.9. The summed E-state index contributed by atoms with van der Waals surface area (Å²) >= 11 is 6.50. The van der Waals surface area contributed by atoms with Gasteiger partial charge in [-0.15, -0.1) is 0 Å². The molecule has 0 aliphatic carbocycles. The summed E-state index contributed by atoms with van der Waals surface area (Å²) in [6.45, 7) is 0. The Bertz CT molecular complexity index is 431. The summed E-state index contributed by atoms with van der Waals surface area (Å²) in [6, 6.07) is 4.87. The van der Waals surface area contributed by atoms with Gasteiger partial charge in [-0.05, 0) is 49.6 Å². The van der Waals surface area contributed by atoms with Gasteiger partial charge in [0.05, 0.1) is 12.3 Å². The second-order valence-corrected chi connectivity index (χ2v) is 4.87. The summed E-state index contributed by atoms with van der Waals surface area (Å²) in [4.78, 5) is 21.5. The Morgan fingerprint density at radius 3 is 2.25 bits per heavy atom. The summed E-state index contributed by atoms with van der Waals surface area (Å²) in [5, 5.41) is 17.6. The maximum Gasteiger partial charge on any atom is 0.311 e. The fourth-order valence-electron chi connectivity index (χ4n) is 1.25. The van der Waals surface area contributed by atoms with Crippen molar-refractivity contribution in [2.24, 2.45) is 0 Å². The van der Waals surface area contributed by atoms with Crippen molar-refractivity contribution in [3.05, 3.63) is 32.7 Å². The van der Waals surface area contributed by atoms with Crippen molar-refractivity contribution in [1.82, 2.24) is 0 Å². The van der Waals surface area contributed by atoms with Crippen LogP contribution in [0.4, 0.5) is 0 Å². The van der Waals surface area contributed by atoms with E-state index >= 15 is 0 Å². The monoisotopic (exact) mass is 350 g/mol. The van der Waals surface area contributed by atoms with Gasteiger partial charge in [0.1, 0.15) is 0 Å². The highest BCUT2D eigenvalue weighted by Crippen LogP contribution is 2.28. The minimum Gasteiger partial charge on any atom is -0.481 e. The average molecular weight is 352 g/mol. The van der Waals surface area contributed by atoms with Crippen LogP contribution in [-0.2, 0) is 9.59 Å². The molecular weight excluding hydrogens is 344 g/mol. The average Bonchev–Trinajstić information content (AvgIpc) is 2.18. The van der Waals surface area contributed by atoms with Crippen molar-refractivity contribution in [3.63, 3.8) is 0 Å². The number of carboxylic acids is 2. The highest BCUT2D eigenvalue weighted by molar-refractivity contribution is 9.13. The Morgan fingerprint density at radius 2 is 1.81 bits per heavy atom. The number of carbonyl (C=O) groups is 2. The van der Waals surface area contributed by atoms with E-state index in [1.165, 1.54) is 0 Å². The number of rotatable bonds is 4. The number of halogens is 2. The third kappa shape index (κ3) is 3.31. The van der Waals surface area contributed by atoms with Gasteiger partial charge in [0, 0.05) is 8.95 Å². The molecule has 1 atom stereocenters. The predicted molar refractivity (Wildman–Crippen MR) is 64.5 cm³/mol. The summed E-state index contributed by atoms with van der Waals surface area (Å²) < 4.78 is 1.48. The zero-order valence-electron chi connectivity index (χ0n) is 7.98. The molecule has 0 aliphatic heterocycles.